The van der Waals surface area contributed by atoms with Gasteiger partial charge in [-0.3, -0.25) is 4.79 Å². The number of amides is 3. The van der Waals surface area contributed by atoms with Gasteiger partial charge in [0.1, 0.15) is 5.75 Å². The van der Waals surface area contributed by atoms with Gasteiger partial charge in [0.2, 0.25) is 5.91 Å². The molecular formula is C18H21N3O3. The van der Waals surface area contributed by atoms with Gasteiger partial charge in [-0.2, -0.15) is 0 Å². The standard InChI is InChI=1S/C18H21N3O3/c1-12(2)24-16-8-6-13(7-9-16)11-20-18(23)21-15-5-3-4-14(10-15)17(19)22/h3-10,12H,11H2,1-2H3,(H2,19,22)(H2,20,21,23). The lowest BCUT2D eigenvalue weighted by atomic mass is 10.2. The van der Waals surface area contributed by atoms with Crippen LogP contribution in [0.3, 0.4) is 0 Å². The first kappa shape index (κ1) is 17.3. The number of urea groups is 1. The predicted octanol–water partition coefficient (Wildman–Crippen LogP) is 2.89. The Balaban J connectivity index is 1.87. The second kappa shape index (κ2) is 8.01. The predicted molar refractivity (Wildman–Crippen MR) is 93.0 cm³/mol. The molecule has 0 aromatic heterocycles. The van der Waals surface area contributed by atoms with E-state index in [1.165, 1.54) is 6.07 Å². The molecule has 0 bridgehead atoms. The number of nitrogens with two attached hydrogens (primary N) is 1. The first-order valence-corrected chi connectivity index (χ1v) is 7.64. The maximum atomic E-state index is 11.9. The number of primary amides is 1. The first-order valence-electron chi connectivity index (χ1n) is 7.64. The average molecular weight is 327 g/mol. The molecule has 0 fully saturated rings. The summed E-state index contributed by atoms with van der Waals surface area (Å²) in [5, 5.41) is 5.41. The van der Waals surface area contributed by atoms with Gasteiger partial charge in [0.25, 0.3) is 0 Å². The molecule has 0 aliphatic heterocycles. The summed E-state index contributed by atoms with van der Waals surface area (Å²) in [6, 6.07) is 13.6. The topological polar surface area (TPSA) is 93.4 Å². The molecule has 126 valence electrons. The first-order chi connectivity index (χ1) is 11.4. The summed E-state index contributed by atoms with van der Waals surface area (Å²) in [7, 11) is 0. The van der Waals surface area contributed by atoms with Crippen LogP contribution in [-0.2, 0) is 6.54 Å². The molecule has 2 aromatic rings. The van der Waals surface area contributed by atoms with Crippen molar-refractivity contribution in [1.82, 2.24) is 5.32 Å². The zero-order valence-electron chi connectivity index (χ0n) is 13.7. The van der Waals surface area contributed by atoms with Gasteiger partial charge < -0.3 is 21.1 Å². The minimum absolute atomic E-state index is 0.121. The molecule has 0 saturated carbocycles. The van der Waals surface area contributed by atoms with E-state index in [0.29, 0.717) is 17.8 Å². The highest BCUT2D eigenvalue weighted by atomic mass is 16.5. The Morgan fingerprint density at radius 3 is 2.46 bits per heavy atom. The molecular weight excluding hydrogens is 306 g/mol. The number of carbonyl (C=O) groups is 2. The number of rotatable bonds is 6. The molecule has 0 spiro atoms. The van der Waals surface area contributed by atoms with Crippen molar-refractivity contribution in [1.29, 1.82) is 0 Å². The molecule has 0 heterocycles. The third-order valence-electron chi connectivity index (χ3n) is 3.15. The molecule has 0 atom stereocenters. The molecule has 4 N–H and O–H groups in total. The summed E-state index contributed by atoms with van der Waals surface area (Å²) >= 11 is 0. The van der Waals surface area contributed by atoms with E-state index in [1.807, 2.05) is 38.1 Å². The van der Waals surface area contributed by atoms with E-state index in [0.717, 1.165) is 11.3 Å². The molecule has 0 saturated heterocycles. The number of ether oxygens (including phenoxy) is 1. The van der Waals surface area contributed by atoms with Crippen LogP contribution in [0, 0.1) is 0 Å². The summed E-state index contributed by atoms with van der Waals surface area (Å²) in [4.78, 5) is 23.0. The van der Waals surface area contributed by atoms with Crippen molar-refractivity contribution in [2.45, 2.75) is 26.5 Å². The molecule has 2 rings (SSSR count). The molecule has 0 radical (unpaired) electrons. The van der Waals surface area contributed by atoms with Crippen molar-refractivity contribution >= 4 is 17.6 Å². The lowest BCUT2D eigenvalue weighted by molar-refractivity contribution is 0.1000. The van der Waals surface area contributed by atoms with Crippen LogP contribution < -0.4 is 21.1 Å². The van der Waals surface area contributed by atoms with E-state index in [9.17, 15) is 9.59 Å². The number of anilines is 1. The Hall–Kier alpha value is -3.02. The van der Waals surface area contributed by atoms with E-state index in [4.69, 9.17) is 10.5 Å². The maximum absolute atomic E-state index is 11.9. The van der Waals surface area contributed by atoms with Crippen molar-refractivity contribution in [3.63, 3.8) is 0 Å². The zero-order chi connectivity index (χ0) is 17.5. The van der Waals surface area contributed by atoms with Gasteiger partial charge in [0, 0.05) is 17.8 Å². The Morgan fingerprint density at radius 1 is 1.12 bits per heavy atom. The molecule has 0 aliphatic rings. The van der Waals surface area contributed by atoms with Gasteiger partial charge in [0.15, 0.2) is 0 Å². The van der Waals surface area contributed by atoms with Crippen LogP contribution in [0.2, 0.25) is 0 Å². The van der Waals surface area contributed by atoms with Crippen LogP contribution in [-0.4, -0.2) is 18.0 Å². The second-order valence-corrected chi connectivity index (χ2v) is 5.56. The monoisotopic (exact) mass is 327 g/mol. The fraction of sp³-hybridized carbons (Fsp3) is 0.222. The largest absolute Gasteiger partial charge is 0.491 e. The highest BCUT2D eigenvalue weighted by Gasteiger charge is 2.05. The van der Waals surface area contributed by atoms with E-state index < -0.39 is 5.91 Å². The minimum Gasteiger partial charge on any atom is -0.491 e. The van der Waals surface area contributed by atoms with Crippen molar-refractivity contribution in [3.8, 4) is 5.75 Å². The van der Waals surface area contributed by atoms with Crippen LogP contribution in [0.5, 0.6) is 5.75 Å². The maximum Gasteiger partial charge on any atom is 0.319 e. The highest BCUT2D eigenvalue weighted by Crippen LogP contribution is 2.14. The van der Waals surface area contributed by atoms with Gasteiger partial charge in [-0.05, 0) is 49.7 Å². The van der Waals surface area contributed by atoms with Crippen LogP contribution in [0.4, 0.5) is 10.5 Å². The molecule has 3 amide bonds. The van der Waals surface area contributed by atoms with Gasteiger partial charge in [-0.25, -0.2) is 4.79 Å². The average Bonchev–Trinajstić information content (AvgIpc) is 2.54. The summed E-state index contributed by atoms with van der Waals surface area (Å²) in [6.07, 6.45) is 0.121. The molecule has 24 heavy (non-hydrogen) atoms. The Morgan fingerprint density at radius 2 is 1.83 bits per heavy atom. The molecule has 6 nitrogen and oxygen atoms in total. The van der Waals surface area contributed by atoms with Crippen molar-refractivity contribution in [3.05, 3.63) is 59.7 Å². The summed E-state index contributed by atoms with van der Waals surface area (Å²) in [5.74, 6) is 0.254. The minimum atomic E-state index is -0.539. The van der Waals surface area contributed by atoms with Crippen LogP contribution in [0.25, 0.3) is 0 Å². The van der Waals surface area contributed by atoms with Gasteiger partial charge in [0.05, 0.1) is 6.10 Å². The van der Waals surface area contributed by atoms with E-state index in [1.54, 1.807) is 18.2 Å². The van der Waals surface area contributed by atoms with E-state index in [-0.39, 0.29) is 12.1 Å². The number of benzene rings is 2. The van der Waals surface area contributed by atoms with Crippen molar-refractivity contribution in [2.24, 2.45) is 5.73 Å². The van der Waals surface area contributed by atoms with E-state index >= 15 is 0 Å². The molecule has 2 aromatic carbocycles. The SMILES string of the molecule is CC(C)Oc1ccc(CNC(=O)Nc2cccc(C(N)=O)c2)cc1. The number of nitrogens with one attached hydrogen (secondary N) is 2. The molecule has 0 aliphatic carbocycles. The normalized spacial score (nSPS) is 10.3. The van der Waals surface area contributed by atoms with Crippen molar-refractivity contribution < 1.29 is 14.3 Å². The van der Waals surface area contributed by atoms with Crippen LogP contribution in [0.1, 0.15) is 29.8 Å². The molecule has 6 heteroatoms. The van der Waals surface area contributed by atoms with Gasteiger partial charge >= 0.3 is 6.03 Å². The summed E-state index contributed by atoms with van der Waals surface area (Å²) in [5.41, 5.74) is 7.01. The third-order valence-corrected chi connectivity index (χ3v) is 3.15. The van der Waals surface area contributed by atoms with Crippen molar-refractivity contribution in [2.75, 3.05) is 5.32 Å². The van der Waals surface area contributed by atoms with Gasteiger partial charge in [-0.15, -0.1) is 0 Å². The zero-order valence-corrected chi connectivity index (χ0v) is 13.7. The molecule has 0 unspecified atom stereocenters. The fourth-order valence-corrected chi connectivity index (χ4v) is 2.07. The van der Waals surface area contributed by atoms with Crippen LogP contribution in [0.15, 0.2) is 48.5 Å². The summed E-state index contributed by atoms with van der Waals surface area (Å²) in [6.45, 7) is 4.31. The number of hydrogen-bond acceptors (Lipinski definition) is 3. The van der Waals surface area contributed by atoms with Gasteiger partial charge in [-0.1, -0.05) is 18.2 Å². The third kappa shape index (κ3) is 5.31. The second-order valence-electron chi connectivity index (χ2n) is 5.56. The van der Waals surface area contributed by atoms with E-state index in [2.05, 4.69) is 10.6 Å². The Kier molecular flexibility index (Phi) is 5.78. The number of hydrogen-bond donors (Lipinski definition) is 3. The lowest BCUT2D eigenvalue weighted by Crippen LogP contribution is -2.28. The quantitative estimate of drug-likeness (QED) is 0.761. The smallest absolute Gasteiger partial charge is 0.319 e. The fourth-order valence-electron chi connectivity index (χ4n) is 2.07. The highest BCUT2D eigenvalue weighted by molar-refractivity contribution is 5.95. The van der Waals surface area contributed by atoms with Crippen LogP contribution >= 0.6 is 0 Å². The lowest BCUT2D eigenvalue weighted by Gasteiger charge is -2.11. The number of carbonyl (C=O) groups excluding carboxylic acids is 2. The Labute approximate surface area is 141 Å². The summed E-state index contributed by atoms with van der Waals surface area (Å²) < 4.78 is 5.57. The Bertz CT molecular complexity index is 712.